The van der Waals surface area contributed by atoms with Crippen molar-refractivity contribution in [3.8, 4) is 20.9 Å². The molecule has 182 valence electrons. The Morgan fingerprint density at radius 1 is 0.735 bits per heavy atom. The number of aromatic nitrogens is 2. The molecule has 0 aliphatic heterocycles. The Balaban J connectivity index is 1.80. The van der Waals surface area contributed by atoms with Gasteiger partial charge in [-0.15, -0.1) is 0 Å². The van der Waals surface area contributed by atoms with Crippen molar-refractivity contribution in [2.75, 3.05) is 0 Å². The number of thiophene rings is 2. The zero-order valence-electron chi connectivity index (χ0n) is 21.4. The summed E-state index contributed by atoms with van der Waals surface area (Å²) in [5.41, 5.74) is 7.44. The van der Waals surface area contributed by atoms with Gasteiger partial charge >= 0.3 is 224 Å². The van der Waals surface area contributed by atoms with Crippen LogP contribution in [0.2, 0.25) is 13.3 Å². The maximum absolute atomic E-state index is 4.82. The van der Waals surface area contributed by atoms with Gasteiger partial charge in [-0.1, -0.05) is 0 Å². The molecule has 0 N–H and O–H groups in total. The average Bonchev–Trinajstić information content (AvgIpc) is 3.58. The van der Waals surface area contributed by atoms with Crippen LogP contribution >= 0.6 is 34.4 Å². The molecule has 34 heavy (non-hydrogen) atoms. The number of hydrogen-bond donors (Lipinski definition) is 0. The average molecular weight is 618 g/mol. The fourth-order valence-electron chi connectivity index (χ4n) is 5.18. The molecule has 6 heteroatoms. The van der Waals surface area contributed by atoms with E-state index in [1.54, 1.807) is 11.3 Å². The molecule has 0 fully saturated rings. The molecule has 0 unspecified atom stereocenters. The van der Waals surface area contributed by atoms with Crippen molar-refractivity contribution in [2.24, 2.45) is 0 Å². The molecule has 1 aromatic carbocycles. The zero-order valence-corrected chi connectivity index (χ0v) is 26.7. The third-order valence-electron chi connectivity index (χ3n) is 7.23. The summed E-state index contributed by atoms with van der Waals surface area (Å²) in [4.78, 5) is 2.76. The summed E-state index contributed by atoms with van der Waals surface area (Å²) in [6.07, 6.45) is 8.19. The number of fused-ring (bicyclic) bond motifs is 1. The van der Waals surface area contributed by atoms with Crippen molar-refractivity contribution in [3.63, 3.8) is 0 Å². The Kier molecular flexibility index (Phi) is 9.27. The van der Waals surface area contributed by atoms with Gasteiger partial charge in [-0.25, -0.2) is 0 Å². The summed E-state index contributed by atoms with van der Waals surface area (Å²) >= 11 is 2.84. The van der Waals surface area contributed by atoms with Gasteiger partial charge in [0.2, 0.25) is 0 Å². The second kappa shape index (κ2) is 12.0. The third-order valence-corrected chi connectivity index (χ3v) is 28.3. The number of benzene rings is 1. The molecule has 3 aromatic heterocycles. The Bertz CT molecular complexity index is 1200. The minimum absolute atomic E-state index is 1.07. The van der Waals surface area contributed by atoms with Crippen LogP contribution in [0.4, 0.5) is 0 Å². The SMILES string of the molecule is CCC[CH2][Sn]([CH2]CCC)([CH2]CCC)[c]1cc(C)c(-c2ccc(-c3sccc3C)c3nsnc23)s1. The van der Waals surface area contributed by atoms with Crippen LogP contribution in [0.15, 0.2) is 29.6 Å². The van der Waals surface area contributed by atoms with Gasteiger partial charge < -0.3 is 0 Å². The second-order valence-electron chi connectivity index (χ2n) is 9.77. The molecule has 0 aliphatic carbocycles. The molecular formula is C28H38N2S3Sn. The van der Waals surface area contributed by atoms with Crippen LogP contribution < -0.4 is 2.89 Å². The van der Waals surface area contributed by atoms with Crippen LogP contribution in [0.3, 0.4) is 0 Å². The molecule has 0 saturated carbocycles. The molecule has 4 aromatic rings. The van der Waals surface area contributed by atoms with E-state index >= 15 is 0 Å². The van der Waals surface area contributed by atoms with Crippen molar-refractivity contribution < 1.29 is 0 Å². The summed E-state index contributed by atoms with van der Waals surface area (Å²) in [6, 6.07) is 9.42. The predicted octanol–water partition coefficient (Wildman–Crippen LogP) is 9.82. The molecule has 0 aliphatic rings. The topological polar surface area (TPSA) is 25.8 Å². The normalized spacial score (nSPS) is 12.1. The van der Waals surface area contributed by atoms with E-state index < -0.39 is 18.4 Å². The van der Waals surface area contributed by atoms with E-state index in [1.807, 2.05) is 2.89 Å². The first-order valence-electron chi connectivity index (χ1n) is 13.0. The number of aryl methyl sites for hydroxylation is 2. The molecule has 0 bridgehead atoms. The molecule has 2 nitrogen and oxygen atoms in total. The van der Waals surface area contributed by atoms with Crippen molar-refractivity contribution in [1.82, 2.24) is 8.75 Å². The van der Waals surface area contributed by atoms with E-state index in [0.29, 0.717) is 0 Å². The number of unbranched alkanes of at least 4 members (excludes halogenated alkanes) is 3. The summed E-state index contributed by atoms with van der Waals surface area (Å²) < 4.78 is 16.0. The maximum atomic E-state index is 4.82. The van der Waals surface area contributed by atoms with Crippen molar-refractivity contribution in [1.29, 1.82) is 0 Å². The molecular weight excluding hydrogens is 579 g/mol. The number of hydrogen-bond acceptors (Lipinski definition) is 5. The molecule has 0 atom stereocenters. The first-order chi connectivity index (χ1) is 16.5. The van der Waals surface area contributed by atoms with Gasteiger partial charge in [0.05, 0.1) is 0 Å². The van der Waals surface area contributed by atoms with Crippen molar-refractivity contribution in [2.45, 2.75) is 86.5 Å². The molecule has 0 saturated heterocycles. The van der Waals surface area contributed by atoms with E-state index in [2.05, 4.69) is 75.6 Å². The first-order valence-corrected chi connectivity index (χ1v) is 22.9. The van der Waals surface area contributed by atoms with Gasteiger partial charge in [0.25, 0.3) is 0 Å². The first kappa shape index (κ1) is 26.3. The van der Waals surface area contributed by atoms with Gasteiger partial charge in [-0.3, -0.25) is 0 Å². The fraction of sp³-hybridized carbons (Fsp3) is 0.500. The summed E-state index contributed by atoms with van der Waals surface area (Å²) in [6.45, 7) is 11.6. The molecule has 4 rings (SSSR count). The van der Waals surface area contributed by atoms with E-state index in [4.69, 9.17) is 8.75 Å². The second-order valence-corrected chi connectivity index (χ2v) is 26.4. The molecule has 3 heterocycles. The van der Waals surface area contributed by atoms with Crippen molar-refractivity contribution in [3.05, 3.63) is 40.8 Å². The Hall–Kier alpha value is -0.761. The third kappa shape index (κ3) is 5.33. The summed E-state index contributed by atoms with van der Waals surface area (Å²) in [5, 5.41) is 2.18. The van der Waals surface area contributed by atoms with Crippen LogP contribution in [0.1, 0.15) is 70.4 Å². The molecule has 0 amide bonds. The zero-order chi connectivity index (χ0) is 24.1. The fourth-order valence-corrected chi connectivity index (χ4v) is 27.2. The van der Waals surface area contributed by atoms with Crippen molar-refractivity contribution >= 4 is 66.7 Å². The van der Waals surface area contributed by atoms with Crippen LogP contribution in [0.5, 0.6) is 0 Å². The van der Waals surface area contributed by atoms with Crippen LogP contribution in [-0.4, -0.2) is 27.1 Å². The number of rotatable bonds is 12. The van der Waals surface area contributed by atoms with Crippen LogP contribution in [-0.2, 0) is 0 Å². The Labute approximate surface area is 222 Å². The van der Waals surface area contributed by atoms with Crippen LogP contribution in [0, 0.1) is 13.8 Å². The van der Waals surface area contributed by atoms with Gasteiger partial charge in [0.1, 0.15) is 0 Å². The van der Waals surface area contributed by atoms with E-state index in [0.717, 1.165) is 11.0 Å². The molecule has 0 radical (unpaired) electrons. The van der Waals surface area contributed by atoms with E-state index in [9.17, 15) is 0 Å². The summed E-state index contributed by atoms with van der Waals surface area (Å²) in [7, 11) is 0. The van der Waals surface area contributed by atoms with Gasteiger partial charge in [0, 0.05) is 0 Å². The van der Waals surface area contributed by atoms with Gasteiger partial charge in [-0.05, 0) is 0 Å². The van der Waals surface area contributed by atoms with Crippen LogP contribution in [0.25, 0.3) is 31.9 Å². The van der Waals surface area contributed by atoms with Gasteiger partial charge in [-0.2, -0.15) is 0 Å². The molecule has 0 spiro atoms. The number of nitrogens with zero attached hydrogens (tertiary/aromatic N) is 2. The standard InChI is InChI=1S/C16H11N2S3.3C4H9.Sn/c1-9-5-7-19-15(9)11-3-4-12(14-13(11)17-21-18-14)16-10(2)6-8-20-16;3*1-3-4-2;/h3-7H,1-2H3;3*1,3-4H2,2H3;. The Morgan fingerprint density at radius 2 is 1.29 bits per heavy atom. The van der Waals surface area contributed by atoms with E-state index in [-0.39, 0.29) is 0 Å². The Morgan fingerprint density at radius 3 is 1.79 bits per heavy atom. The van der Waals surface area contributed by atoms with E-state index in [1.165, 1.54) is 95.6 Å². The minimum atomic E-state index is -2.44. The monoisotopic (exact) mass is 618 g/mol. The van der Waals surface area contributed by atoms with Gasteiger partial charge in [0.15, 0.2) is 0 Å². The summed E-state index contributed by atoms with van der Waals surface area (Å²) in [5.74, 6) is 0. The predicted molar refractivity (Wildman–Crippen MR) is 158 cm³/mol. The quantitative estimate of drug-likeness (QED) is 0.148.